The largest absolute Gasteiger partial charge is 0.497 e. The van der Waals surface area contributed by atoms with E-state index in [1.165, 1.54) is 26.8 Å². The van der Waals surface area contributed by atoms with Crippen molar-refractivity contribution in [3.8, 4) is 5.75 Å². The summed E-state index contributed by atoms with van der Waals surface area (Å²) in [4.78, 5) is 32.7. The van der Waals surface area contributed by atoms with Crippen molar-refractivity contribution in [2.45, 2.75) is 13.8 Å². The maximum absolute atomic E-state index is 12.7. The fraction of sp³-hybridized carbons (Fsp3) is 0.235. The van der Waals surface area contributed by atoms with E-state index in [0.29, 0.717) is 16.4 Å². The first-order chi connectivity index (χ1) is 11.4. The van der Waals surface area contributed by atoms with Crippen LogP contribution in [-0.2, 0) is 0 Å². The fourth-order valence-electron chi connectivity index (χ4n) is 2.43. The Morgan fingerprint density at radius 1 is 1.25 bits per heavy atom. The van der Waals surface area contributed by atoms with Crippen molar-refractivity contribution in [2.75, 3.05) is 19.1 Å². The standard InChI is InChI=1S/C17H17N3O3S/c1-10-11(2)24-17-18-9-14(16(22)20(10)17)15(21)19(3)12-5-7-13(23-4)8-6-12/h5-9H,1-4H3. The number of anilines is 1. The van der Waals surface area contributed by atoms with Crippen LogP contribution in [0.3, 0.4) is 0 Å². The highest BCUT2D eigenvalue weighted by molar-refractivity contribution is 7.17. The Labute approximate surface area is 142 Å². The molecule has 3 rings (SSSR count). The highest BCUT2D eigenvalue weighted by atomic mass is 32.1. The lowest BCUT2D eigenvalue weighted by Crippen LogP contribution is -2.33. The van der Waals surface area contributed by atoms with Gasteiger partial charge < -0.3 is 9.64 Å². The van der Waals surface area contributed by atoms with Gasteiger partial charge in [0, 0.05) is 29.5 Å². The van der Waals surface area contributed by atoms with Gasteiger partial charge in [0.2, 0.25) is 0 Å². The molecule has 0 aliphatic carbocycles. The van der Waals surface area contributed by atoms with Crippen molar-refractivity contribution < 1.29 is 9.53 Å². The zero-order valence-corrected chi connectivity index (χ0v) is 14.7. The van der Waals surface area contributed by atoms with E-state index in [1.807, 2.05) is 13.8 Å². The molecule has 0 atom stereocenters. The molecule has 0 saturated heterocycles. The molecule has 0 saturated carbocycles. The van der Waals surface area contributed by atoms with E-state index in [2.05, 4.69) is 4.98 Å². The lowest BCUT2D eigenvalue weighted by molar-refractivity contribution is 0.0991. The Hall–Kier alpha value is -2.67. The zero-order valence-electron chi connectivity index (χ0n) is 13.9. The molecule has 0 fully saturated rings. The number of rotatable bonds is 3. The average molecular weight is 343 g/mol. The molecule has 1 amide bonds. The molecular formula is C17H17N3O3S. The van der Waals surface area contributed by atoms with E-state index < -0.39 is 5.91 Å². The molecule has 24 heavy (non-hydrogen) atoms. The van der Waals surface area contributed by atoms with E-state index in [4.69, 9.17) is 4.74 Å². The van der Waals surface area contributed by atoms with Gasteiger partial charge in [-0.1, -0.05) is 0 Å². The second-order valence-electron chi connectivity index (χ2n) is 5.40. The Bertz CT molecular complexity index is 973. The molecule has 0 N–H and O–H groups in total. The van der Waals surface area contributed by atoms with Crippen LogP contribution in [0.25, 0.3) is 4.96 Å². The summed E-state index contributed by atoms with van der Waals surface area (Å²) in [7, 11) is 3.21. The van der Waals surface area contributed by atoms with Gasteiger partial charge in [0.05, 0.1) is 7.11 Å². The number of benzene rings is 1. The number of hydrogen-bond donors (Lipinski definition) is 0. The number of nitrogens with zero attached hydrogens (tertiary/aromatic N) is 3. The number of aromatic nitrogens is 2. The van der Waals surface area contributed by atoms with Crippen molar-refractivity contribution >= 4 is 27.9 Å². The third-order valence-corrected chi connectivity index (χ3v) is 5.09. The monoisotopic (exact) mass is 343 g/mol. The molecule has 124 valence electrons. The number of fused-ring (bicyclic) bond motifs is 1. The Morgan fingerprint density at radius 3 is 2.54 bits per heavy atom. The van der Waals surface area contributed by atoms with E-state index in [9.17, 15) is 9.59 Å². The van der Waals surface area contributed by atoms with E-state index in [1.54, 1.807) is 38.4 Å². The quantitative estimate of drug-likeness (QED) is 0.733. The predicted octanol–water partition coefficient (Wildman–Crippen LogP) is 2.66. The molecule has 0 aliphatic rings. The maximum Gasteiger partial charge on any atom is 0.271 e. The molecule has 2 heterocycles. The van der Waals surface area contributed by atoms with Crippen molar-refractivity contribution in [2.24, 2.45) is 0 Å². The van der Waals surface area contributed by atoms with Gasteiger partial charge in [-0.15, -0.1) is 11.3 Å². The first-order valence-corrected chi connectivity index (χ1v) is 8.15. The first kappa shape index (κ1) is 16.2. The third kappa shape index (κ3) is 2.56. The summed E-state index contributed by atoms with van der Waals surface area (Å²) in [6.07, 6.45) is 1.36. The van der Waals surface area contributed by atoms with Crippen LogP contribution in [0.5, 0.6) is 5.75 Å². The molecule has 0 unspecified atom stereocenters. The Morgan fingerprint density at radius 2 is 1.92 bits per heavy atom. The Balaban J connectivity index is 2.02. The second kappa shape index (κ2) is 6.09. The summed E-state index contributed by atoms with van der Waals surface area (Å²) in [5, 5.41) is 0. The normalized spacial score (nSPS) is 10.8. The number of carbonyl (C=O) groups is 1. The maximum atomic E-state index is 12.7. The molecule has 0 aliphatic heterocycles. The first-order valence-electron chi connectivity index (χ1n) is 7.34. The van der Waals surface area contributed by atoms with Gasteiger partial charge >= 0.3 is 0 Å². The van der Waals surface area contributed by atoms with Gasteiger partial charge in [0.25, 0.3) is 11.5 Å². The van der Waals surface area contributed by atoms with Gasteiger partial charge in [0.1, 0.15) is 11.3 Å². The molecule has 2 aromatic heterocycles. The minimum Gasteiger partial charge on any atom is -0.497 e. The molecule has 0 spiro atoms. The van der Waals surface area contributed by atoms with Gasteiger partial charge in [0.15, 0.2) is 4.96 Å². The SMILES string of the molecule is COc1ccc(N(C)C(=O)c2cnc3sc(C)c(C)n3c2=O)cc1. The predicted molar refractivity (Wildman–Crippen MR) is 94.5 cm³/mol. The summed E-state index contributed by atoms with van der Waals surface area (Å²) in [5.41, 5.74) is 1.19. The number of methoxy groups -OCH3 is 1. The smallest absolute Gasteiger partial charge is 0.271 e. The van der Waals surface area contributed by atoms with E-state index in [0.717, 1.165) is 10.6 Å². The summed E-state index contributed by atoms with van der Waals surface area (Å²) < 4.78 is 6.61. The molecular weight excluding hydrogens is 326 g/mol. The lowest BCUT2D eigenvalue weighted by atomic mass is 10.2. The van der Waals surface area contributed by atoms with Crippen LogP contribution in [0.1, 0.15) is 20.9 Å². The van der Waals surface area contributed by atoms with Gasteiger partial charge in [-0.3, -0.25) is 14.0 Å². The number of thiazole rings is 1. The van der Waals surface area contributed by atoms with Crippen LogP contribution in [0.15, 0.2) is 35.3 Å². The molecule has 1 aromatic carbocycles. The molecule has 0 bridgehead atoms. The highest BCUT2D eigenvalue weighted by Crippen LogP contribution is 2.21. The number of ether oxygens (including phenoxy) is 1. The van der Waals surface area contributed by atoms with Crippen molar-refractivity contribution in [1.82, 2.24) is 9.38 Å². The number of hydrogen-bond acceptors (Lipinski definition) is 5. The van der Waals surface area contributed by atoms with Crippen molar-refractivity contribution in [3.05, 3.63) is 57.0 Å². The molecule has 3 aromatic rings. The van der Waals surface area contributed by atoms with E-state index >= 15 is 0 Å². The van der Waals surface area contributed by atoms with Crippen LogP contribution < -0.4 is 15.2 Å². The van der Waals surface area contributed by atoms with E-state index in [-0.39, 0.29) is 11.1 Å². The summed E-state index contributed by atoms with van der Waals surface area (Å²) in [6.45, 7) is 3.78. The van der Waals surface area contributed by atoms with Crippen LogP contribution in [0.2, 0.25) is 0 Å². The molecule has 0 radical (unpaired) electrons. The van der Waals surface area contributed by atoms with Crippen molar-refractivity contribution in [3.63, 3.8) is 0 Å². The minimum atomic E-state index is -0.393. The molecule has 6 nitrogen and oxygen atoms in total. The van der Waals surface area contributed by atoms with Crippen LogP contribution >= 0.6 is 11.3 Å². The highest BCUT2D eigenvalue weighted by Gasteiger charge is 2.20. The summed E-state index contributed by atoms with van der Waals surface area (Å²) in [6, 6.07) is 7.06. The second-order valence-corrected chi connectivity index (χ2v) is 6.58. The van der Waals surface area contributed by atoms with Gasteiger partial charge in [-0.2, -0.15) is 0 Å². The van der Waals surface area contributed by atoms with Gasteiger partial charge in [-0.25, -0.2) is 4.98 Å². The van der Waals surface area contributed by atoms with Crippen molar-refractivity contribution in [1.29, 1.82) is 0 Å². The zero-order chi connectivity index (χ0) is 17.4. The van der Waals surface area contributed by atoms with Crippen LogP contribution in [0.4, 0.5) is 5.69 Å². The van der Waals surface area contributed by atoms with Crippen LogP contribution in [-0.4, -0.2) is 29.4 Å². The third-order valence-electron chi connectivity index (χ3n) is 4.01. The minimum absolute atomic E-state index is 0.0479. The summed E-state index contributed by atoms with van der Waals surface area (Å²) >= 11 is 1.44. The number of carbonyl (C=O) groups excluding carboxylic acids is 1. The lowest BCUT2D eigenvalue weighted by Gasteiger charge is -2.17. The fourth-order valence-corrected chi connectivity index (χ4v) is 3.36. The number of aryl methyl sites for hydroxylation is 2. The van der Waals surface area contributed by atoms with Crippen LogP contribution in [0, 0.1) is 13.8 Å². The topological polar surface area (TPSA) is 63.9 Å². The average Bonchev–Trinajstić information content (AvgIpc) is 2.89. The number of amides is 1. The summed E-state index contributed by atoms with van der Waals surface area (Å²) in [5.74, 6) is 0.308. The van der Waals surface area contributed by atoms with Gasteiger partial charge in [-0.05, 0) is 38.1 Å². The molecule has 7 heteroatoms. The Kier molecular flexibility index (Phi) is 4.11.